The van der Waals surface area contributed by atoms with Gasteiger partial charge in [-0.2, -0.15) is 0 Å². The molecule has 1 unspecified atom stereocenters. The third kappa shape index (κ3) is 5.27. The molecule has 1 atom stereocenters. The van der Waals surface area contributed by atoms with Gasteiger partial charge in [0.2, 0.25) is 5.91 Å². The lowest BCUT2D eigenvalue weighted by atomic mass is 9.69. The molecule has 0 spiro atoms. The van der Waals surface area contributed by atoms with Crippen LogP contribution in [0.1, 0.15) is 59.8 Å². The smallest absolute Gasteiger partial charge is 0.331 e. The predicted octanol–water partition coefficient (Wildman–Crippen LogP) is 2.83. The van der Waals surface area contributed by atoms with E-state index in [1.54, 1.807) is 0 Å². The average molecular weight is 313 g/mol. The fourth-order valence-electron chi connectivity index (χ4n) is 3.29. The van der Waals surface area contributed by atoms with E-state index in [1.165, 1.54) is 14.0 Å². The Labute approximate surface area is 133 Å². The van der Waals surface area contributed by atoms with Crippen LogP contribution in [0.2, 0.25) is 0 Å². The Kier molecular flexibility index (Phi) is 6.41. The number of hydrogen-bond acceptors (Lipinski definition) is 3. The van der Waals surface area contributed by atoms with Crippen molar-refractivity contribution in [3.8, 4) is 0 Å². The third-order valence-electron chi connectivity index (χ3n) is 4.87. The second-order valence-electron chi connectivity index (χ2n) is 7.91. The number of nitrogens with one attached hydrogen (secondary N) is 1. The molecular weight excluding hydrogens is 282 g/mol. The molecular formula is C17H31NO4. The Balaban J connectivity index is 2.48. The predicted molar refractivity (Wildman–Crippen MR) is 85.6 cm³/mol. The first-order chi connectivity index (χ1) is 10.1. The highest BCUT2D eigenvalue weighted by atomic mass is 16.5. The number of aliphatic carboxylic acids is 1. The highest BCUT2D eigenvalue weighted by molar-refractivity contribution is 5.86. The first-order valence-electron chi connectivity index (χ1n) is 8.12. The van der Waals surface area contributed by atoms with E-state index in [4.69, 9.17) is 4.74 Å². The van der Waals surface area contributed by atoms with Gasteiger partial charge in [0.15, 0.2) is 5.54 Å². The summed E-state index contributed by atoms with van der Waals surface area (Å²) in [7, 11) is 1.43. The van der Waals surface area contributed by atoms with Gasteiger partial charge in [0, 0.05) is 13.5 Å². The zero-order valence-corrected chi connectivity index (χ0v) is 14.6. The molecule has 0 aromatic heterocycles. The summed E-state index contributed by atoms with van der Waals surface area (Å²) in [6, 6.07) is 0. The average Bonchev–Trinajstić information content (AvgIpc) is 2.38. The lowest BCUT2D eigenvalue weighted by Gasteiger charge is -2.37. The number of ether oxygens (including phenoxy) is 1. The Bertz CT molecular complexity index is 394. The first kappa shape index (κ1) is 18.9. The second-order valence-corrected chi connectivity index (χ2v) is 7.91. The van der Waals surface area contributed by atoms with E-state index in [2.05, 4.69) is 26.1 Å². The van der Waals surface area contributed by atoms with Gasteiger partial charge in [-0.25, -0.2) is 4.79 Å². The van der Waals surface area contributed by atoms with Gasteiger partial charge in [-0.1, -0.05) is 20.8 Å². The highest BCUT2D eigenvalue weighted by Crippen LogP contribution is 2.40. The molecule has 1 saturated carbocycles. The van der Waals surface area contributed by atoms with Gasteiger partial charge in [0.1, 0.15) is 0 Å². The highest BCUT2D eigenvalue weighted by Gasteiger charge is 2.36. The van der Waals surface area contributed by atoms with Crippen LogP contribution in [0.4, 0.5) is 0 Å². The Hall–Kier alpha value is -1.10. The largest absolute Gasteiger partial charge is 0.479 e. The van der Waals surface area contributed by atoms with Crippen LogP contribution < -0.4 is 5.32 Å². The molecule has 0 saturated heterocycles. The number of amides is 1. The summed E-state index contributed by atoms with van der Waals surface area (Å²) in [6.45, 7) is 8.26. The van der Waals surface area contributed by atoms with Gasteiger partial charge in [-0.15, -0.1) is 0 Å². The molecule has 0 aliphatic heterocycles. The van der Waals surface area contributed by atoms with E-state index < -0.39 is 11.5 Å². The minimum atomic E-state index is -1.35. The summed E-state index contributed by atoms with van der Waals surface area (Å²) >= 11 is 0. The number of methoxy groups -OCH3 is 1. The first-order valence-corrected chi connectivity index (χ1v) is 8.12. The van der Waals surface area contributed by atoms with Crippen molar-refractivity contribution in [1.82, 2.24) is 5.32 Å². The normalized spacial score (nSPS) is 25.3. The van der Waals surface area contributed by atoms with Crippen LogP contribution in [-0.4, -0.2) is 36.2 Å². The number of carboxylic acids is 1. The summed E-state index contributed by atoms with van der Waals surface area (Å²) in [5.41, 5.74) is -1.03. The molecule has 5 nitrogen and oxygen atoms in total. The molecule has 128 valence electrons. The van der Waals surface area contributed by atoms with Gasteiger partial charge in [0.25, 0.3) is 0 Å². The minimum absolute atomic E-state index is 0.0369. The molecule has 1 aliphatic rings. The number of rotatable bonds is 6. The molecule has 1 rings (SSSR count). The van der Waals surface area contributed by atoms with Crippen molar-refractivity contribution in [2.45, 2.75) is 65.3 Å². The zero-order valence-electron chi connectivity index (χ0n) is 14.6. The number of carbonyl (C=O) groups is 2. The van der Waals surface area contributed by atoms with Crippen LogP contribution in [0.15, 0.2) is 0 Å². The number of hydrogen-bond donors (Lipinski definition) is 2. The maximum Gasteiger partial charge on any atom is 0.331 e. The van der Waals surface area contributed by atoms with Crippen LogP contribution in [0, 0.1) is 17.3 Å². The monoisotopic (exact) mass is 313 g/mol. The maximum absolute atomic E-state index is 12.2. The third-order valence-corrected chi connectivity index (χ3v) is 4.87. The van der Waals surface area contributed by atoms with Crippen LogP contribution in [-0.2, 0) is 14.3 Å². The summed E-state index contributed by atoms with van der Waals surface area (Å²) in [5, 5.41) is 11.9. The molecule has 5 heteroatoms. The SMILES string of the molecule is COCC(C)(NC(=O)CC1CCC(C(C)(C)C)CC1)C(=O)O. The Morgan fingerprint density at radius 3 is 2.09 bits per heavy atom. The van der Waals surface area contributed by atoms with Crippen LogP contribution in [0.3, 0.4) is 0 Å². The molecule has 0 bridgehead atoms. The standard InChI is InChI=1S/C17H31NO4/c1-16(2,3)13-8-6-12(7-9-13)10-14(19)18-17(4,11-22-5)15(20)21/h12-13H,6-11H2,1-5H3,(H,18,19)(H,20,21). The van der Waals surface area contributed by atoms with Crippen molar-refractivity contribution in [3.05, 3.63) is 0 Å². The number of carboxylic acid groups (broad SMARTS) is 1. The fourth-order valence-corrected chi connectivity index (χ4v) is 3.29. The molecule has 0 aromatic carbocycles. The van der Waals surface area contributed by atoms with Gasteiger partial charge in [0.05, 0.1) is 6.61 Å². The summed E-state index contributed by atoms with van der Waals surface area (Å²) in [4.78, 5) is 23.5. The van der Waals surface area contributed by atoms with Gasteiger partial charge in [-0.3, -0.25) is 4.79 Å². The Morgan fingerprint density at radius 2 is 1.68 bits per heavy atom. The van der Waals surface area contributed by atoms with Gasteiger partial charge in [-0.05, 0) is 49.9 Å². The van der Waals surface area contributed by atoms with Crippen LogP contribution in [0.25, 0.3) is 0 Å². The second kappa shape index (κ2) is 7.44. The molecule has 0 heterocycles. The topological polar surface area (TPSA) is 75.6 Å². The van der Waals surface area contributed by atoms with E-state index >= 15 is 0 Å². The molecule has 22 heavy (non-hydrogen) atoms. The maximum atomic E-state index is 12.2. The van der Waals surface area contributed by atoms with Crippen LogP contribution >= 0.6 is 0 Å². The molecule has 1 fully saturated rings. The lowest BCUT2D eigenvalue weighted by Crippen LogP contribution is -2.55. The van der Waals surface area contributed by atoms with Crippen molar-refractivity contribution >= 4 is 11.9 Å². The van der Waals surface area contributed by atoms with Crippen molar-refractivity contribution in [1.29, 1.82) is 0 Å². The molecule has 1 amide bonds. The van der Waals surface area contributed by atoms with Crippen molar-refractivity contribution in [2.24, 2.45) is 17.3 Å². The number of carbonyl (C=O) groups excluding carboxylic acids is 1. The van der Waals surface area contributed by atoms with E-state index in [0.29, 0.717) is 23.7 Å². The van der Waals surface area contributed by atoms with E-state index in [9.17, 15) is 14.7 Å². The Morgan fingerprint density at radius 1 is 1.14 bits per heavy atom. The molecule has 2 N–H and O–H groups in total. The van der Waals surface area contributed by atoms with Crippen LogP contribution in [0.5, 0.6) is 0 Å². The summed E-state index contributed by atoms with van der Waals surface area (Å²) < 4.78 is 4.92. The summed E-state index contributed by atoms with van der Waals surface area (Å²) in [6.07, 6.45) is 4.79. The zero-order chi connectivity index (χ0) is 17.0. The van der Waals surface area contributed by atoms with E-state index in [1.807, 2.05) is 0 Å². The lowest BCUT2D eigenvalue weighted by molar-refractivity contribution is -0.149. The fraction of sp³-hybridized carbons (Fsp3) is 0.882. The van der Waals surface area contributed by atoms with Gasteiger partial charge >= 0.3 is 5.97 Å². The summed E-state index contributed by atoms with van der Waals surface area (Å²) in [5.74, 6) is -0.191. The van der Waals surface area contributed by atoms with Crippen molar-refractivity contribution < 1.29 is 19.4 Å². The molecule has 1 aliphatic carbocycles. The minimum Gasteiger partial charge on any atom is -0.479 e. The van der Waals surface area contributed by atoms with Crippen molar-refractivity contribution in [3.63, 3.8) is 0 Å². The van der Waals surface area contributed by atoms with E-state index in [0.717, 1.165) is 25.7 Å². The van der Waals surface area contributed by atoms with Crippen molar-refractivity contribution in [2.75, 3.05) is 13.7 Å². The molecule has 0 aromatic rings. The quantitative estimate of drug-likeness (QED) is 0.790. The molecule has 0 radical (unpaired) electrons. The van der Waals surface area contributed by atoms with E-state index in [-0.39, 0.29) is 12.5 Å². The van der Waals surface area contributed by atoms with Gasteiger partial charge < -0.3 is 15.2 Å².